The molecular weight excluding hydrogens is 437 g/mol. The van der Waals surface area contributed by atoms with Gasteiger partial charge in [-0.2, -0.15) is 0 Å². The quantitative estimate of drug-likeness (QED) is 0.391. The number of nitrogens with one attached hydrogen (secondary N) is 1. The summed E-state index contributed by atoms with van der Waals surface area (Å²) in [6, 6.07) is 14.8. The minimum atomic E-state index is 0. The SMILES string of the molecule is CCN1CCCC1CNC(N)=NCc1cccc(-c2ccccn2)c1.I. The van der Waals surface area contributed by atoms with E-state index in [1.54, 1.807) is 0 Å². The predicted molar refractivity (Wildman–Crippen MR) is 119 cm³/mol. The van der Waals surface area contributed by atoms with E-state index >= 15 is 0 Å². The average Bonchev–Trinajstić information content (AvgIpc) is 3.13. The Morgan fingerprint density at radius 2 is 2.19 bits per heavy atom. The van der Waals surface area contributed by atoms with Crippen molar-refractivity contribution in [3.8, 4) is 11.3 Å². The van der Waals surface area contributed by atoms with Crippen LogP contribution in [0.1, 0.15) is 25.3 Å². The topological polar surface area (TPSA) is 66.5 Å². The molecule has 26 heavy (non-hydrogen) atoms. The number of benzene rings is 1. The molecule has 5 nitrogen and oxygen atoms in total. The number of hydrogen-bond acceptors (Lipinski definition) is 3. The molecule has 0 amide bonds. The highest BCUT2D eigenvalue weighted by Gasteiger charge is 2.22. The summed E-state index contributed by atoms with van der Waals surface area (Å²) in [6.07, 6.45) is 4.32. The summed E-state index contributed by atoms with van der Waals surface area (Å²) < 4.78 is 0. The van der Waals surface area contributed by atoms with E-state index in [0.29, 0.717) is 18.5 Å². The standard InChI is InChI=1S/C20H27N5.HI/c1-2-25-12-6-9-18(25)15-24-20(21)23-14-16-7-5-8-17(13-16)19-10-3-4-11-22-19;/h3-5,7-8,10-11,13,18H,2,6,9,12,14-15H2,1H3,(H3,21,23,24);1H. The fourth-order valence-electron chi connectivity index (χ4n) is 3.36. The molecule has 2 heterocycles. The lowest BCUT2D eigenvalue weighted by Gasteiger charge is -2.23. The normalized spacial score (nSPS) is 17.7. The third-order valence-electron chi connectivity index (χ3n) is 4.74. The third-order valence-corrected chi connectivity index (χ3v) is 4.74. The number of aromatic nitrogens is 1. The number of aliphatic imine (C=N–C) groups is 1. The van der Waals surface area contributed by atoms with E-state index in [2.05, 4.69) is 45.3 Å². The maximum atomic E-state index is 6.04. The van der Waals surface area contributed by atoms with Gasteiger partial charge in [-0.05, 0) is 49.7 Å². The van der Waals surface area contributed by atoms with Crippen LogP contribution >= 0.6 is 24.0 Å². The molecule has 0 saturated carbocycles. The van der Waals surface area contributed by atoms with E-state index in [1.807, 2.05) is 30.5 Å². The molecule has 1 atom stereocenters. The molecule has 0 radical (unpaired) electrons. The van der Waals surface area contributed by atoms with Gasteiger partial charge in [0.05, 0.1) is 12.2 Å². The Morgan fingerprint density at radius 1 is 1.31 bits per heavy atom. The Bertz CT molecular complexity index is 704. The molecule has 1 aromatic carbocycles. The minimum Gasteiger partial charge on any atom is -0.370 e. The minimum absolute atomic E-state index is 0. The van der Waals surface area contributed by atoms with Crippen molar-refractivity contribution in [2.24, 2.45) is 10.7 Å². The fourth-order valence-corrected chi connectivity index (χ4v) is 3.36. The number of nitrogens with zero attached hydrogens (tertiary/aromatic N) is 3. The molecule has 0 aliphatic carbocycles. The number of halogens is 1. The molecule has 2 aromatic rings. The lowest BCUT2D eigenvalue weighted by molar-refractivity contribution is 0.267. The molecule has 0 bridgehead atoms. The summed E-state index contributed by atoms with van der Waals surface area (Å²) >= 11 is 0. The Morgan fingerprint density at radius 3 is 2.96 bits per heavy atom. The van der Waals surface area contributed by atoms with Crippen molar-refractivity contribution < 1.29 is 0 Å². The van der Waals surface area contributed by atoms with E-state index in [1.165, 1.54) is 19.4 Å². The number of guanidine groups is 1. The van der Waals surface area contributed by atoms with Gasteiger partial charge in [0.25, 0.3) is 0 Å². The van der Waals surface area contributed by atoms with Gasteiger partial charge in [0.15, 0.2) is 5.96 Å². The molecule has 1 unspecified atom stereocenters. The zero-order chi connectivity index (χ0) is 17.5. The Kier molecular flexibility index (Phi) is 8.31. The van der Waals surface area contributed by atoms with E-state index in [-0.39, 0.29) is 24.0 Å². The van der Waals surface area contributed by atoms with Crippen LogP contribution in [0.4, 0.5) is 0 Å². The van der Waals surface area contributed by atoms with Crippen LogP contribution in [-0.2, 0) is 6.54 Å². The Balaban J connectivity index is 0.00000243. The molecule has 140 valence electrons. The van der Waals surface area contributed by atoms with Crippen LogP contribution in [-0.4, -0.2) is 41.5 Å². The van der Waals surface area contributed by atoms with E-state index < -0.39 is 0 Å². The summed E-state index contributed by atoms with van der Waals surface area (Å²) in [5, 5.41) is 3.28. The first-order valence-corrected chi connectivity index (χ1v) is 9.04. The van der Waals surface area contributed by atoms with Gasteiger partial charge in [-0.3, -0.25) is 9.88 Å². The van der Waals surface area contributed by atoms with Crippen molar-refractivity contribution in [2.45, 2.75) is 32.4 Å². The number of rotatable bonds is 6. The first kappa shape index (κ1) is 20.6. The van der Waals surface area contributed by atoms with Crippen LogP contribution in [0.25, 0.3) is 11.3 Å². The Labute approximate surface area is 173 Å². The Hall–Kier alpha value is -1.67. The first-order chi connectivity index (χ1) is 12.3. The van der Waals surface area contributed by atoms with E-state index in [4.69, 9.17) is 5.73 Å². The highest BCUT2D eigenvalue weighted by Crippen LogP contribution is 2.18. The zero-order valence-electron chi connectivity index (χ0n) is 15.3. The summed E-state index contributed by atoms with van der Waals surface area (Å²) in [5.41, 5.74) is 9.25. The van der Waals surface area contributed by atoms with E-state index in [9.17, 15) is 0 Å². The lowest BCUT2D eigenvalue weighted by atomic mass is 10.1. The van der Waals surface area contributed by atoms with Gasteiger partial charge in [0.2, 0.25) is 0 Å². The molecule has 1 fully saturated rings. The number of hydrogen-bond donors (Lipinski definition) is 2. The number of likely N-dealkylation sites (tertiary alicyclic amines) is 1. The zero-order valence-corrected chi connectivity index (χ0v) is 17.6. The molecule has 1 aliphatic rings. The number of likely N-dealkylation sites (N-methyl/N-ethyl adjacent to an activating group) is 1. The summed E-state index contributed by atoms with van der Waals surface area (Å²) in [4.78, 5) is 11.4. The predicted octanol–water partition coefficient (Wildman–Crippen LogP) is 3.26. The highest BCUT2D eigenvalue weighted by atomic mass is 127. The van der Waals surface area contributed by atoms with Crippen molar-refractivity contribution >= 4 is 29.9 Å². The molecule has 1 saturated heterocycles. The second-order valence-corrected chi connectivity index (χ2v) is 6.42. The van der Waals surface area contributed by atoms with Gasteiger partial charge < -0.3 is 11.1 Å². The summed E-state index contributed by atoms with van der Waals surface area (Å²) in [7, 11) is 0. The molecule has 0 spiro atoms. The van der Waals surface area contributed by atoms with Crippen LogP contribution < -0.4 is 11.1 Å². The van der Waals surface area contributed by atoms with Gasteiger partial charge in [0, 0.05) is 24.3 Å². The number of pyridine rings is 1. The van der Waals surface area contributed by atoms with Crippen molar-refractivity contribution in [3.05, 3.63) is 54.2 Å². The maximum Gasteiger partial charge on any atom is 0.188 e. The van der Waals surface area contributed by atoms with Gasteiger partial charge in [-0.25, -0.2) is 4.99 Å². The average molecular weight is 465 g/mol. The fraction of sp³-hybridized carbons (Fsp3) is 0.400. The lowest BCUT2D eigenvalue weighted by Crippen LogP contribution is -2.42. The summed E-state index contributed by atoms with van der Waals surface area (Å²) in [5.74, 6) is 0.520. The maximum absolute atomic E-state index is 6.04. The highest BCUT2D eigenvalue weighted by molar-refractivity contribution is 14.0. The monoisotopic (exact) mass is 465 g/mol. The van der Waals surface area contributed by atoms with Crippen LogP contribution in [0.5, 0.6) is 0 Å². The number of nitrogens with two attached hydrogens (primary N) is 1. The smallest absolute Gasteiger partial charge is 0.188 e. The molecule has 3 rings (SSSR count). The van der Waals surface area contributed by atoms with Crippen molar-refractivity contribution in [2.75, 3.05) is 19.6 Å². The molecule has 3 N–H and O–H groups in total. The second-order valence-electron chi connectivity index (χ2n) is 6.42. The van der Waals surface area contributed by atoms with Gasteiger partial charge in [-0.1, -0.05) is 31.2 Å². The van der Waals surface area contributed by atoms with Gasteiger partial charge >= 0.3 is 0 Å². The summed E-state index contributed by atoms with van der Waals surface area (Å²) in [6.45, 7) is 5.95. The van der Waals surface area contributed by atoms with Crippen molar-refractivity contribution in [1.82, 2.24) is 15.2 Å². The van der Waals surface area contributed by atoms with Crippen molar-refractivity contribution in [1.29, 1.82) is 0 Å². The van der Waals surface area contributed by atoms with Crippen LogP contribution in [0.2, 0.25) is 0 Å². The van der Waals surface area contributed by atoms with Crippen molar-refractivity contribution in [3.63, 3.8) is 0 Å². The van der Waals surface area contributed by atoms with Gasteiger partial charge in [-0.15, -0.1) is 24.0 Å². The third kappa shape index (κ3) is 5.67. The molecule has 1 aliphatic heterocycles. The molecular formula is C20H28IN5. The van der Waals surface area contributed by atoms with E-state index in [0.717, 1.165) is 29.9 Å². The first-order valence-electron chi connectivity index (χ1n) is 9.04. The molecule has 6 heteroatoms. The van der Waals surface area contributed by atoms with Crippen LogP contribution in [0.15, 0.2) is 53.7 Å². The van der Waals surface area contributed by atoms with Gasteiger partial charge in [0.1, 0.15) is 0 Å². The van der Waals surface area contributed by atoms with Crippen LogP contribution in [0, 0.1) is 0 Å². The second kappa shape index (κ2) is 10.5. The largest absolute Gasteiger partial charge is 0.370 e. The molecule has 1 aromatic heterocycles. The van der Waals surface area contributed by atoms with Crippen LogP contribution in [0.3, 0.4) is 0 Å².